The monoisotopic (exact) mass is 214 g/mol. The van der Waals surface area contributed by atoms with E-state index in [1.807, 2.05) is 0 Å². The van der Waals surface area contributed by atoms with Crippen molar-refractivity contribution in [3.8, 4) is 0 Å². The zero-order valence-electron chi connectivity index (χ0n) is 10.9. The highest BCUT2D eigenvalue weighted by molar-refractivity contribution is 5.47. The second-order valence-electron chi connectivity index (χ2n) is 5.36. The summed E-state index contributed by atoms with van der Waals surface area (Å²) >= 11 is 0. The van der Waals surface area contributed by atoms with Gasteiger partial charge in [-0.15, -0.1) is 0 Å². The van der Waals surface area contributed by atoms with Gasteiger partial charge in [-0.25, -0.2) is 0 Å². The van der Waals surface area contributed by atoms with Crippen LogP contribution in [0.3, 0.4) is 0 Å². The number of rotatable bonds is 1. The van der Waals surface area contributed by atoms with Gasteiger partial charge in [-0.05, 0) is 12.5 Å². The van der Waals surface area contributed by atoms with E-state index < -0.39 is 0 Å². The molecule has 0 unspecified atom stereocenters. The van der Waals surface area contributed by atoms with Crippen molar-refractivity contribution in [3.05, 3.63) is 0 Å². The lowest BCUT2D eigenvalue weighted by Crippen LogP contribution is -2.43. The number of hydrogen-bond acceptors (Lipinski definition) is 2. The normalized spacial score (nSPS) is 18.1. The third-order valence-corrected chi connectivity index (χ3v) is 2.75. The minimum atomic E-state index is 0.542. The Morgan fingerprint density at radius 3 is 1.80 bits per heavy atom. The molecule has 3 heteroatoms. The van der Waals surface area contributed by atoms with E-state index in [4.69, 9.17) is 0 Å². The quantitative estimate of drug-likeness (QED) is 0.622. The second kappa shape index (κ2) is 6.83. The number of carbonyl (C=O) groups is 1. The Hall–Kier alpha value is -0.570. The van der Waals surface area contributed by atoms with Gasteiger partial charge in [-0.3, -0.25) is 4.79 Å². The molecular formula is C12H26N2O. The summed E-state index contributed by atoms with van der Waals surface area (Å²) in [4.78, 5) is 14.2. The Labute approximate surface area is 94.4 Å². The smallest absolute Gasteiger partial charge is 0.209 e. The molecule has 15 heavy (non-hydrogen) atoms. The van der Waals surface area contributed by atoms with Crippen LogP contribution in [0.4, 0.5) is 0 Å². The Morgan fingerprint density at radius 1 is 1.13 bits per heavy atom. The van der Waals surface area contributed by atoms with Crippen LogP contribution in [0.5, 0.6) is 0 Å². The molecule has 1 rings (SSSR count). The van der Waals surface area contributed by atoms with E-state index >= 15 is 0 Å². The largest absolute Gasteiger partial charge is 0.343 e. The summed E-state index contributed by atoms with van der Waals surface area (Å²) in [6.07, 6.45) is 2.19. The van der Waals surface area contributed by atoms with Gasteiger partial charge in [0.2, 0.25) is 6.41 Å². The van der Waals surface area contributed by atoms with E-state index in [0.717, 1.165) is 32.6 Å². The summed E-state index contributed by atoms with van der Waals surface area (Å²) in [5.74, 6) is 0. The molecule has 0 atom stereocenters. The molecule has 0 N–H and O–H groups in total. The van der Waals surface area contributed by atoms with Gasteiger partial charge in [0.05, 0.1) is 0 Å². The van der Waals surface area contributed by atoms with Crippen LogP contribution in [0.25, 0.3) is 0 Å². The molecule has 0 aromatic heterocycles. The van der Waals surface area contributed by atoms with E-state index in [-0.39, 0.29) is 0 Å². The molecule has 0 saturated carbocycles. The number of likely N-dealkylation sites (N-methyl/N-ethyl adjacent to an activating group) is 1. The van der Waals surface area contributed by atoms with Gasteiger partial charge in [-0.1, -0.05) is 34.1 Å². The predicted molar refractivity (Wildman–Crippen MR) is 64.9 cm³/mol. The van der Waals surface area contributed by atoms with Crippen LogP contribution in [0.1, 0.15) is 34.1 Å². The van der Waals surface area contributed by atoms with Gasteiger partial charge in [0.1, 0.15) is 0 Å². The van der Waals surface area contributed by atoms with Gasteiger partial charge in [0.15, 0.2) is 0 Å². The van der Waals surface area contributed by atoms with E-state index in [1.165, 1.54) is 6.42 Å². The molecule has 0 aromatic carbocycles. The van der Waals surface area contributed by atoms with Crippen molar-refractivity contribution in [1.29, 1.82) is 0 Å². The molecule has 0 spiro atoms. The Kier molecular flexibility index (Phi) is 6.57. The Balaban J connectivity index is 0.000000288. The fourth-order valence-electron chi connectivity index (χ4n) is 0.927. The fraction of sp³-hybridized carbons (Fsp3) is 0.917. The van der Waals surface area contributed by atoms with Crippen molar-refractivity contribution in [3.63, 3.8) is 0 Å². The van der Waals surface area contributed by atoms with E-state index in [1.54, 1.807) is 4.90 Å². The third kappa shape index (κ3) is 8.43. The molecule has 90 valence electrons. The van der Waals surface area contributed by atoms with Gasteiger partial charge in [0.25, 0.3) is 0 Å². The zero-order chi connectivity index (χ0) is 11.9. The molecule has 1 aliphatic rings. The molecule has 1 fully saturated rings. The first kappa shape index (κ1) is 14.4. The van der Waals surface area contributed by atoms with Crippen molar-refractivity contribution in [2.24, 2.45) is 5.41 Å². The Bertz CT molecular complexity index is 167. The minimum Gasteiger partial charge on any atom is -0.343 e. The zero-order valence-corrected chi connectivity index (χ0v) is 10.9. The highest BCUT2D eigenvalue weighted by atomic mass is 16.1. The van der Waals surface area contributed by atoms with Crippen LogP contribution in [0.2, 0.25) is 0 Å². The summed E-state index contributed by atoms with van der Waals surface area (Å²) in [5.41, 5.74) is 0.542. The van der Waals surface area contributed by atoms with Crippen molar-refractivity contribution < 1.29 is 4.79 Å². The van der Waals surface area contributed by atoms with Gasteiger partial charge in [-0.2, -0.15) is 0 Å². The lowest BCUT2D eigenvalue weighted by atomic mass is 9.94. The molecule has 0 aliphatic carbocycles. The lowest BCUT2D eigenvalue weighted by molar-refractivity contribution is -0.119. The number of carbonyl (C=O) groups excluding carboxylic acids is 1. The van der Waals surface area contributed by atoms with Crippen LogP contribution >= 0.6 is 0 Å². The van der Waals surface area contributed by atoms with Gasteiger partial charge < -0.3 is 9.80 Å². The number of amides is 1. The maximum absolute atomic E-state index is 10.2. The second-order valence-corrected chi connectivity index (χ2v) is 5.36. The summed E-state index contributed by atoms with van der Waals surface area (Å²) in [6.45, 7) is 12.7. The predicted octanol–water partition coefficient (Wildman–Crippen LogP) is 1.83. The first-order chi connectivity index (χ1) is 6.89. The molecule has 1 saturated heterocycles. The van der Waals surface area contributed by atoms with Crippen LogP contribution < -0.4 is 0 Å². The average Bonchev–Trinajstić information content (AvgIpc) is 2.19. The van der Waals surface area contributed by atoms with Crippen molar-refractivity contribution in [2.45, 2.75) is 34.1 Å². The van der Waals surface area contributed by atoms with Crippen LogP contribution in [-0.4, -0.2) is 49.4 Å². The first-order valence-corrected chi connectivity index (χ1v) is 5.77. The Morgan fingerprint density at radius 2 is 1.53 bits per heavy atom. The molecule has 3 nitrogen and oxygen atoms in total. The maximum Gasteiger partial charge on any atom is 0.209 e. The van der Waals surface area contributed by atoms with E-state index in [9.17, 15) is 4.79 Å². The lowest BCUT2D eigenvalue weighted by Gasteiger charge is -2.29. The molecule has 0 bridgehead atoms. The van der Waals surface area contributed by atoms with Crippen molar-refractivity contribution in [1.82, 2.24) is 9.80 Å². The highest BCUT2D eigenvalue weighted by Crippen LogP contribution is 2.16. The summed E-state index contributed by atoms with van der Waals surface area (Å²) in [6, 6.07) is 0. The van der Waals surface area contributed by atoms with Crippen molar-refractivity contribution in [2.75, 3.05) is 33.2 Å². The number of nitrogens with zero attached hydrogens (tertiary/aromatic N) is 2. The fourth-order valence-corrected chi connectivity index (χ4v) is 0.927. The van der Waals surface area contributed by atoms with Gasteiger partial charge >= 0.3 is 0 Å². The van der Waals surface area contributed by atoms with E-state index in [0.29, 0.717) is 5.41 Å². The summed E-state index contributed by atoms with van der Waals surface area (Å²) in [5, 5.41) is 0. The summed E-state index contributed by atoms with van der Waals surface area (Å²) < 4.78 is 0. The molecular weight excluding hydrogens is 188 g/mol. The molecule has 1 aliphatic heterocycles. The first-order valence-electron chi connectivity index (χ1n) is 5.77. The maximum atomic E-state index is 10.2. The summed E-state index contributed by atoms with van der Waals surface area (Å²) in [7, 11) is 2.07. The van der Waals surface area contributed by atoms with Crippen LogP contribution in [0, 0.1) is 5.41 Å². The van der Waals surface area contributed by atoms with Crippen LogP contribution in [-0.2, 0) is 4.79 Å². The highest BCUT2D eigenvalue weighted by Gasteiger charge is 2.10. The van der Waals surface area contributed by atoms with Crippen LogP contribution in [0.15, 0.2) is 0 Å². The molecule has 1 heterocycles. The SMILES string of the molecule is CCC(C)(C)C.CN1CCN(C=O)CC1. The van der Waals surface area contributed by atoms with Gasteiger partial charge in [0, 0.05) is 26.2 Å². The standard InChI is InChI=1S/C6H12N2O.C6H14/c1-7-2-4-8(6-9)5-3-7;1-5-6(2,3)4/h6H,2-5H2,1H3;5H2,1-4H3. The van der Waals surface area contributed by atoms with E-state index in [2.05, 4.69) is 39.6 Å². The molecule has 0 aromatic rings. The molecule has 0 radical (unpaired) electrons. The average molecular weight is 214 g/mol. The number of piperazine rings is 1. The minimum absolute atomic E-state index is 0.542. The van der Waals surface area contributed by atoms with Crippen molar-refractivity contribution >= 4 is 6.41 Å². The topological polar surface area (TPSA) is 23.6 Å². The molecule has 1 amide bonds. The third-order valence-electron chi connectivity index (χ3n) is 2.75. The number of hydrogen-bond donors (Lipinski definition) is 0.